The maximum Gasteiger partial charge on any atom is 0.272 e. The second kappa shape index (κ2) is 3.79. The van der Waals surface area contributed by atoms with Crippen LogP contribution in [0.15, 0.2) is 42.7 Å². The molecule has 0 bridgehead atoms. The van der Waals surface area contributed by atoms with Crippen molar-refractivity contribution in [3.63, 3.8) is 0 Å². The second-order valence-electron chi connectivity index (χ2n) is 3.71. The number of nitrogens with zero attached hydrogens (tertiary/aromatic N) is 1. The van der Waals surface area contributed by atoms with E-state index < -0.39 is 0 Å². The minimum atomic E-state index is -0.178. The van der Waals surface area contributed by atoms with E-state index in [1.165, 1.54) is 0 Å². The molecular weight excluding hydrogens is 216 g/mol. The number of benzene rings is 1. The molecule has 84 valence electrons. The van der Waals surface area contributed by atoms with E-state index in [0.717, 1.165) is 10.9 Å². The summed E-state index contributed by atoms with van der Waals surface area (Å²) in [6.07, 6.45) is 3.18. The first-order chi connectivity index (χ1) is 8.33. The Kier molecular flexibility index (Phi) is 2.15. The van der Waals surface area contributed by atoms with Crippen molar-refractivity contribution >= 4 is 22.5 Å². The van der Waals surface area contributed by atoms with E-state index in [1.54, 1.807) is 12.4 Å². The third-order valence-electron chi connectivity index (χ3n) is 2.53. The quantitative estimate of drug-likeness (QED) is 0.626. The number of anilines is 1. The molecule has 0 fully saturated rings. The summed E-state index contributed by atoms with van der Waals surface area (Å²) >= 11 is 0. The lowest BCUT2D eigenvalue weighted by Gasteiger charge is -1.98. The Balaban J connectivity index is 1.90. The summed E-state index contributed by atoms with van der Waals surface area (Å²) in [6, 6.07) is 9.58. The van der Waals surface area contributed by atoms with Crippen molar-refractivity contribution in [2.24, 2.45) is 0 Å². The van der Waals surface area contributed by atoms with Gasteiger partial charge < -0.3 is 10.3 Å². The summed E-state index contributed by atoms with van der Waals surface area (Å²) in [7, 11) is 0. The van der Waals surface area contributed by atoms with Crippen LogP contribution in [0.4, 0.5) is 5.69 Å². The van der Waals surface area contributed by atoms with Crippen LogP contribution in [-0.4, -0.2) is 21.1 Å². The summed E-state index contributed by atoms with van der Waals surface area (Å²) in [5.74, 6) is -0.178. The van der Waals surface area contributed by atoms with Crippen LogP contribution in [0.5, 0.6) is 0 Å². The highest BCUT2D eigenvalue weighted by Gasteiger charge is 2.09. The van der Waals surface area contributed by atoms with Crippen LogP contribution in [0, 0.1) is 0 Å². The zero-order valence-electron chi connectivity index (χ0n) is 8.90. The molecule has 1 amide bonds. The van der Waals surface area contributed by atoms with Gasteiger partial charge in [-0.1, -0.05) is 18.2 Å². The van der Waals surface area contributed by atoms with Gasteiger partial charge in [-0.15, -0.1) is 0 Å². The Morgan fingerprint density at radius 1 is 1.29 bits per heavy atom. The fourth-order valence-electron chi connectivity index (χ4n) is 1.71. The van der Waals surface area contributed by atoms with Gasteiger partial charge in [-0.2, -0.15) is 5.10 Å². The molecular formula is C12H10N4O. The van der Waals surface area contributed by atoms with Gasteiger partial charge >= 0.3 is 0 Å². The van der Waals surface area contributed by atoms with Gasteiger partial charge in [0, 0.05) is 17.1 Å². The van der Waals surface area contributed by atoms with Crippen molar-refractivity contribution in [2.45, 2.75) is 0 Å². The van der Waals surface area contributed by atoms with Crippen LogP contribution >= 0.6 is 0 Å². The number of nitrogens with one attached hydrogen (secondary N) is 3. The number of para-hydroxylation sites is 1. The number of fused-ring (bicyclic) bond motifs is 1. The van der Waals surface area contributed by atoms with Crippen LogP contribution in [0.3, 0.4) is 0 Å². The second-order valence-corrected chi connectivity index (χ2v) is 3.71. The lowest BCUT2D eigenvalue weighted by molar-refractivity contribution is 0.102. The fraction of sp³-hybridized carbons (Fsp3) is 0. The lowest BCUT2D eigenvalue weighted by atomic mass is 10.2. The molecule has 0 radical (unpaired) electrons. The van der Waals surface area contributed by atoms with Crippen LogP contribution in [0.25, 0.3) is 10.9 Å². The number of H-pyrrole nitrogens is 2. The molecule has 2 aromatic heterocycles. The van der Waals surface area contributed by atoms with E-state index in [0.29, 0.717) is 11.4 Å². The Hall–Kier alpha value is -2.56. The molecule has 5 heteroatoms. The lowest BCUT2D eigenvalue weighted by Crippen LogP contribution is -2.11. The molecule has 0 spiro atoms. The topological polar surface area (TPSA) is 73.6 Å². The molecule has 0 saturated carbocycles. The van der Waals surface area contributed by atoms with Crippen LogP contribution in [0.1, 0.15) is 10.5 Å². The summed E-state index contributed by atoms with van der Waals surface area (Å²) in [5.41, 5.74) is 2.13. The zero-order chi connectivity index (χ0) is 11.7. The van der Waals surface area contributed by atoms with Crippen molar-refractivity contribution in [2.75, 3.05) is 5.32 Å². The maximum absolute atomic E-state index is 11.9. The fourth-order valence-corrected chi connectivity index (χ4v) is 1.71. The molecule has 17 heavy (non-hydrogen) atoms. The largest absolute Gasteiger partial charge is 0.351 e. The Morgan fingerprint density at radius 2 is 2.18 bits per heavy atom. The van der Waals surface area contributed by atoms with Gasteiger partial charge in [0.1, 0.15) is 5.69 Å². The molecule has 1 aromatic carbocycles. The molecule has 0 atom stereocenters. The summed E-state index contributed by atoms with van der Waals surface area (Å²) in [4.78, 5) is 15.0. The Bertz CT molecular complexity index is 621. The third kappa shape index (κ3) is 1.78. The van der Waals surface area contributed by atoms with Crippen molar-refractivity contribution in [1.82, 2.24) is 15.2 Å². The number of aromatic amines is 2. The number of hydrogen-bond acceptors (Lipinski definition) is 2. The standard InChI is InChI=1S/C12H10N4O/c17-12(15-9-6-13-14-7-9)11-5-8-3-1-2-4-10(8)16-11/h1-7,16H,(H,13,14)(H,15,17). The van der Waals surface area contributed by atoms with E-state index in [4.69, 9.17) is 0 Å². The number of rotatable bonds is 2. The number of carbonyl (C=O) groups is 1. The molecule has 0 aliphatic carbocycles. The first-order valence-electron chi connectivity index (χ1n) is 5.21. The average Bonchev–Trinajstić information content (AvgIpc) is 2.96. The van der Waals surface area contributed by atoms with Crippen molar-refractivity contribution in [1.29, 1.82) is 0 Å². The first kappa shape index (κ1) is 9.65. The zero-order valence-corrected chi connectivity index (χ0v) is 8.90. The number of hydrogen-bond donors (Lipinski definition) is 3. The van der Waals surface area contributed by atoms with Gasteiger partial charge in [-0.05, 0) is 12.1 Å². The average molecular weight is 226 g/mol. The predicted octanol–water partition coefficient (Wildman–Crippen LogP) is 2.14. The molecule has 3 rings (SSSR count). The van der Waals surface area contributed by atoms with Gasteiger partial charge in [-0.25, -0.2) is 0 Å². The highest BCUT2D eigenvalue weighted by molar-refractivity contribution is 6.05. The monoisotopic (exact) mass is 226 g/mol. The molecule has 0 saturated heterocycles. The molecule has 0 aliphatic heterocycles. The minimum Gasteiger partial charge on any atom is -0.351 e. The minimum absolute atomic E-state index is 0.178. The molecule has 5 nitrogen and oxygen atoms in total. The van der Waals surface area contributed by atoms with Gasteiger partial charge in [0.25, 0.3) is 5.91 Å². The maximum atomic E-state index is 11.9. The van der Waals surface area contributed by atoms with Crippen molar-refractivity contribution in [3.05, 3.63) is 48.4 Å². The highest BCUT2D eigenvalue weighted by atomic mass is 16.1. The number of carbonyl (C=O) groups excluding carboxylic acids is 1. The molecule has 0 unspecified atom stereocenters. The molecule has 0 aliphatic rings. The van der Waals surface area contributed by atoms with E-state index in [1.807, 2.05) is 30.3 Å². The first-order valence-corrected chi connectivity index (χ1v) is 5.21. The number of aromatic nitrogens is 3. The van der Waals surface area contributed by atoms with Crippen molar-refractivity contribution < 1.29 is 4.79 Å². The predicted molar refractivity (Wildman–Crippen MR) is 64.8 cm³/mol. The summed E-state index contributed by atoms with van der Waals surface area (Å²) in [5, 5.41) is 10.2. The van der Waals surface area contributed by atoms with Crippen LogP contribution in [0.2, 0.25) is 0 Å². The van der Waals surface area contributed by atoms with Crippen molar-refractivity contribution in [3.8, 4) is 0 Å². The number of amides is 1. The normalized spacial score (nSPS) is 10.6. The van der Waals surface area contributed by atoms with E-state index in [9.17, 15) is 4.79 Å². The van der Waals surface area contributed by atoms with E-state index in [2.05, 4.69) is 20.5 Å². The molecule has 3 aromatic rings. The summed E-state index contributed by atoms with van der Waals surface area (Å²) in [6.45, 7) is 0. The smallest absolute Gasteiger partial charge is 0.272 e. The van der Waals surface area contributed by atoms with Gasteiger partial charge in [0.2, 0.25) is 0 Å². The van der Waals surface area contributed by atoms with E-state index >= 15 is 0 Å². The van der Waals surface area contributed by atoms with Gasteiger partial charge in [0.05, 0.1) is 11.9 Å². The Labute approximate surface area is 96.9 Å². The van der Waals surface area contributed by atoms with Crippen LogP contribution in [-0.2, 0) is 0 Å². The van der Waals surface area contributed by atoms with Gasteiger partial charge in [-0.3, -0.25) is 9.89 Å². The Morgan fingerprint density at radius 3 is 2.94 bits per heavy atom. The van der Waals surface area contributed by atoms with Gasteiger partial charge in [0.15, 0.2) is 0 Å². The third-order valence-corrected chi connectivity index (χ3v) is 2.53. The molecule has 3 N–H and O–H groups in total. The van der Waals surface area contributed by atoms with E-state index in [-0.39, 0.29) is 5.91 Å². The molecule has 2 heterocycles. The van der Waals surface area contributed by atoms with Crippen LogP contribution < -0.4 is 5.32 Å². The SMILES string of the molecule is O=C(Nc1cn[nH]c1)c1cc2ccccc2[nH]1. The summed E-state index contributed by atoms with van der Waals surface area (Å²) < 4.78 is 0. The highest BCUT2D eigenvalue weighted by Crippen LogP contribution is 2.15.